The number of ketones is 1. The van der Waals surface area contributed by atoms with Crippen molar-refractivity contribution < 1.29 is 26.3 Å². The molecule has 1 aromatic heterocycles. The van der Waals surface area contributed by atoms with Crippen LogP contribution in [0.2, 0.25) is 5.02 Å². The van der Waals surface area contributed by atoms with Gasteiger partial charge in [0, 0.05) is 17.0 Å². The zero-order valence-corrected chi connectivity index (χ0v) is 17.8. The topological polar surface area (TPSA) is 43.0 Å². The number of carbonyl (C=O) groups is 1. The van der Waals surface area contributed by atoms with Gasteiger partial charge in [-0.25, -0.2) is 9.36 Å². The molecule has 0 spiro atoms. The maximum absolute atomic E-state index is 12.8. The zero-order chi connectivity index (χ0) is 18.7. The van der Waals surface area contributed by atoms with E-state index in [1.165, 1.54) is 0 Å². The van der Waals surface area contributed by atoms with Crippen LogP contribution in [-0.2, 0) is 20.0 Å². The number of para-hydroxylation sites is 1. The van der Waals surface area contributed by atoms with Crippen molar-refractivity contribution in [2.45, 2.75) is 32.7 Å². The maximum atomic E-state index is 12.8. The molecule has 0 aliphatic rings. The first kappa shape index (κ1) is 21.3. The van der Waals surface area contributed by atoms with Crippen molar-refractivity contribution in [3.63, 3.8) is 0 Å². The molecular formula is C21H22BrClN2O2. The summed E-state index contributed by atoms with van der Waals surface area (Å²) < 4.78 is 3.65. The molecule has 0 radical (unpaired) electrons. The third-order valence-corrected chi connectivity index (χ3v) is 4.90. The zero-order valence-electron chi connectivity index (χ0n) is 15.4. The molecule has 6 heteroatoms. The third-order valence-electron chi connectivity index (χ3n) is 4.65. The molecule has 0 amide bonds. The number of fused-ring (bicyclic) bond motifs is 1. The summed E-state index contributed by atoms with van der Waals surface area (Å²) >= 11 is 5.92. The number of Topliss-reactive ketones (excluding diaryl/α,β-unsaturated/α-hetero) is 1. The number of nitrogens with zero attached hydrogens (tertiary/aromatic N) is 2. The van der Waals surface area contributed by atoms with E-state index < -0.39 is 0 Å². The van der Waals surface area contributed by atoms with Crippen LogP contribution in [-0.4, -0.2) is 10.4 Å². The quantitative estimate of drug-likeness (QED) is 0.411. The summed E-state index contributed by atoms with van der Waals surface area (Å²) in [6.07, 6.45) is 2.73. The van der Waals surface area contributed by atoms with Crippen LogP contribution in [0.3, 0.4) is 0 Å². The molecule has 0 unspecified atom stereocenters. The summed E-state index contributed by atoms with van der Waals surface area (Å²) in [5.74, 6) is 0.867. The number of carbonyl (C=O) groups excluding carboxylic acids is 1. The van der Waals surface area contributed by atoms with E-state index in [9.17, 15) is 9.59 Å². The average molecular weight is 450 g/mol. The van der Waals surface area contributed by atoms with Crippen molar-refractivity contribution in [2.24, 2.45) is 7.05 Å². The summed E-state index contributed by atoms with van der Waals surface area (Å²) in [4.78, 5) is 25.5. The number of unbranched alkanes of at least 4 members (excludes halogenated alkanes) is 1. The first-order valence-electron chi connectivity index (χ1n) is 8.82. The van der Waals surface area contributed by atoms with Gasteiger partial charge in [-0.1, -0.05) is 37.1 Å². The molecule has 3 aromatic rings. The highest BCUT2D eigenvalue weighted by Gasteiger charge is 2.23. The number of hydrogen-bond donors (Lipinski definition) is 0. The average Bonchev–Trinajstić information content (AvgIpc) is 2.66. The van der Waals surface area contributed by atoms with Crippen molar-refractivity contribution in [1.82, 2.24) is 4.57 Å². The van der Waals surface area contributed by atoms with Gasteiger partial charge in [0.2, 0.25) is 5.78 Å². The second-order valence-electron chi connectivity index (χ2n) is 6.42. The fraction of sp³-hybridized carbons (Fsp3) is 0.286. The van der Waals surface area contributed by atoms with Crippen LogP contribution in [0.25, 0.3) is 10.9 Å². The molecule has 4 nitrogen and oxygen atoms in total. The largest absolute Gasteiger partial charge is 1.00 e. The molecule has 0 N–H and O–H groups in total. The van der Waals surface area contributed by atoms with Crippen molar-refractivity contribution >= 4 is 28.3 Å². The molecule has 0 fully saturated rings. The van der Waals surface area contributed by atoms with Gasteiger partial charge in [-0.15, -0.1) is 0 Å². The summed E-state index contributed by atoms with van der Waals surface area (Å²) in [5, 5.41) is 1.23. The predicted molar refractivity (Wildman–Crippen MR) is 104 cm³/mol. The van der Waals surface area contributed by atoms with Gasteiger partial charge in [-0.2, -0.15) is 4.57 Å². The van der Waals surface area contributed by atoms with Gasteiger partial charge < -0.3 is 17.0 Å². The minimum absolute atomic E-state index is 0. The van der Waals surface area contributed by atoms with Crippen LogP contribution < -0.4 is 27.1 Å². The smallest absolute Gasteiger partial charge is 0.345 e. The fourth-order valence-electron chi connectivity index (χ4n) is 3.19. The molecular weight excluding hydrogens is 428 g/mol. The minimum Gasteiger partial charge on any atom is -1.00 e. The fourth-order valence-corrected chi connectivity index (χ4v) is 3.32. The van der Waals surface area contributed by atoms with Gasteiger partial charge in [0.25, 0.3) is 5.82 Å². The summed E-state index contributed by atoms with van der Waals surface area (Å²) in [6, 6.07) is 14.4. The van der Waals surface area contributed by atoms with Crippen LogP contribution >= 0.6 is 11.6 Å². The van der Waals surface area contributed by atoms with E-state index in [1.807, 2.05) is 28.8 Å². The Kier molecular flexibility index (Phi) is 7.33. The van der Waals surface area contributed by atoms with E-state index >= 15 is 0 Å². The number of hydrogen-bond acceptors (Lipinski definition) is 2. The predicted octanol–water partition coefficient (Wildman–Crippen LogP) is 0.709. The van der Waals surface area contributed by atoms with E-state index in [0.717, 1.165) is 30.6 Å². The standard InChI is InChI=1S/C21H22ClN2O2.BrH/c1-3-4-9-20-23(2)21(26)17-7-5-6-8-18(17)24(20)14-19(25)15-10-12-16(22)13-11-15;/h5-8,10-13H,3-4,9,14H2,1-2H3;1H/q+1;/p-1. The highest BCUT2D eigenvalue weighted by molar-refractivity contribution is 6.30. The van der Waals surface area contributed by atoms with Gasteiger partial charge >= 0.3 is 5.56 Å². The summed E-state index contributed by atoms with van der Waals surface area (Å²) in [6.45, 7) is 2.30. The van der Waals surface area contributed by atoms with Crippen LogP contribution in [0.1, 0.15) is 35.9 Å². The SMILES string of the molecule is CCCCc1n(C)c(=O)c2ccccc2[n+]1CC(=O)c1ccc(Cl)cc1.[Br-]. The van der Waals surface area contributed by atoms with Crippen molar-refractivity contribution in [2.75, 3.05) is 0 Å². The highest BCUT2D eigenvalue weighted by Crippen LogP contribution is 2.12. The molecule has 3 rings (SSSR count). The molecule has 0 bridgehead atoms. The number of halogens is 2. The lowest BCUT2D eigenvalue weighted by atomic mass is 10.1. The van der Waals surface area contributed by atoms with Crippen LogP contribution in [0, 0.1) is 0 Å². The van der Waals surface area contributed by atoms with E-state index in [-0.39, 0.29) is 34.9 Å². The molecule has 27 heavy (non-hydrogen) atoms. The van der Waals surface area contributed by atoms with Crippen LogP contribution in [0.4, 0.5) is 0 Å². The lowest BCUT2D eigenvalue weighted by Gasteiger charge is -2.12. The molecule has 0 saturated heterocycles. The molecule has 2 aromatic carbocycles. The first-order valence-corrected chi connectivity index (χ1v) is 9.20. The first-order chi connectivity index (χ1) is 12.5. The minimum atomic E-state index is -0.0260. The monoisotopic (exact) mass is 448 g/mol. The van der Waals surface area contributed by atoms with Crippen LogP contribution in [0.5, 0.6) is 0 Å². The Bertz CT molecular complexity index is 1010. The Morgan fingerprint density at radius 2 is 1.78 bits per heavy atom. The van der Waals surface area contributed by atoms with E-state index in [1.54, 1.807) is 35.9 Å². The van der Waals surface area contributed by atoms with Crippen molar-refractivity contribution in [3.05, 3.63) is 75.3 Å². The maximum Gasteiger partial charge on any atom is 0.345 e. The second-order valence-corrected chi connectivity index (χ2v) is 6.85. The Morgan fingerprint density at radius 3 is 2.44 bits per heavy atom. The summed E-state index contributed by atoms with van der Waals surface area (Å²) in [5.41, 5.74) is 1.38. The third kappa shape index (κ3) is 4.47. The molecule has 0 saturated carbocycles. The van der Waals surface area contributed by atoms with Gasteiger partial charge in [0.1, 0.15) is 10.9 Å². The van der Waals surface area contributed by atoms with Gasteiger partial charge in [0.15, 0.2) is 6.54 Å². The number of aromatic nitrogens is 2. The Balaban J connectivity index is 0.00000261. The number of rotatable bonds is 6. The normalized spacial score (nSPS) is 10.6. The Hall–Kier alpha value is -1.98. The van der Waals surface area contributed by atoms with Crippen molar-refractivity contribution in [3.8, 4) is 0 Å². The Labute approximate surface area is 174 Å². The van der Waals surface area contributed by atoms with E-state index in [4.69, 9.17) is 11.6 Å². The number of benzene rings is 2. The molecule has 0 aliphatic carbocycles. The summed E-state index contributed by atoms with van der Waals surface area (Å²) in [7, 11) is 1.78. The van der Waals surface area contributed by atoms with Crippen LogP contribution in [0.15, 0.2) is 53.3 Å². The molecule has 0 atom stereocenters. The van der Waals surface area contributed by atoms with Gasteiger partial charge in [0.05, 0.1) is 7.05 Å². The van der Waals surface area contributed by atoms with E-state index in [0.29, 0.717) is 16.0 Å². The molecule has 1 heterocycles. The molecule has 0 aliphatic heterocycles. The molecule has 142 valence electrons. The van der Waals surface area contributed by atoms with Gasteiger partial charge in [-0.05, 0) is 42.8 Å². The van der Waals surface area contributed by atoms with E-state index in [2.05, 4.69) is 6.92 Å². The lowest BCUT2D eigenvalue weighted by molar-refractivity contribution is -0.669. The second kappa shape index (κ2) is 9.29. The Morgan fingerprint density at radius 1 is 1.11 bits per heavy atom. The van der Waals surface area contributed by atoms with Gasteiger partial charge in [-0.3, -0.25) is 4.79 Å². The highest BCUT2D eigenvalue weighted by atomic mass is 79.9. The lowest BCUT2D eigenvalue weighted by Crippen LogP contribution is -3.00. The van der Waals surface area contributed by atoms with Crippen molar-refractivity contribution in [1.29, 1.82) is 0 Å².